The number of oxazole rings is 1. The fourth-order valence-corrected chi connectivity index (χ4v) is 1.87. The molecule has 0 saturated heterocycles. The lowest BCUT2D eigenvalue weighted by molar-refractivity contribution is 0.541. The minimum Gasteiger partial charge on any atom is -0.437 e. The van der Waals surface area contributed by atoms with Crippen molar-refractivity contribution in [2.45, 2.75) is 20.3 Å². The van der Waals surface area contributed by atoms with Gasteiger partial charge in [-0.05, 0) is 30.1 Å². The molecule has 16 heavy (non-hydrogen) atoms. The Morgan fingerprint density at radius 1 is 1.25 bits per heavy atom. The molecule has 0 amide bonds. The molecule has 0 fully saturated rings. The number of H-pyrrole nitrogens is 1. The zero-order valence-corrected chi connectivity index (χ0v) is 10.3. The molecular weight excluding hydrogens is 218 g/mol. The van der Waals surface area contributed by atoms with Crippen LogP contribution < -0.4 is 0 Å². The van der Waals surface area contributed by atoms with Gasteiger partial charge in [0, 0.05) is 5.56 Å². The van der Waals surface area contributed by atoms with Gasteiger partial charge >= 0.3 is 0 Å². The van der Waals surface area contributed by atoms with Crippen LogP contribution in [0, 0.1) is 10.8 Å². The lowest BCUT2D eigenvalue weighted by Gasteiger charge is -2.05. The molecule has 0 unspecified atom stereocenters. The SMILES string of the molecule is CC(C)Cc1ccc(-c2coc(=S)[nH]2)cc1. The summed E-state index contributed by atoms with van der Waals surface area (Å²) >= 11 is 4.89. The number of hydrogen-bond donors (Lipinski definition) is 1. The third kappa shape index (κ3) is 2.61. The van der Waals surface area contributed by atoms with E-state index in [0.717, 1.165) is 17.7 Å². The molecule has 2 aromatic rings. The second-order valence-corrected chi connectivity index (χ2v) is 4.73. The molecule has 0 saturated carbocycles. The monoisotopic (exact) mass is 233 g/mol. The summed E-state index contributed by atoms with van der Waals surface area (Å²) in [6.07, 6.45) is 2.77. The fraction of sp³-hybridized carbons (Fsp3) is 0.308. The van der Waals surface area contributed by atoms with E-state index in [2.05, 4.69) is 43.1 Å². The van der Waals surface area contributed by atoms with E-state index in [1.165, 1.54) is 5.56 Å². The Hall–Kier alpha value is -1.35. The van der Waals surface area contributed by atoms with Gasteiger partial charge in [0.15, 0.2) is 0 Å². The van der Waals surface area contributed by atoms with Crippen LogP contribution in [0.25, 0.3) is 11.3 Å². The largest absolute Gasteiger partial charge is 0.437 e. The van der Waals surface area contributed by atoms with Gasteiger partial charge in [0.2, 0.25) is 0 Å². The van der Waals surface area contributed by atoms with Crippen molar-refractivity contribution in [3.8, 4) is 11.3 Å². The molecular formula is C13H15NOS. The van der Waals surface area contributed by atoms with Crippen molar-refractivity contribution in [2.24, 2.45) is 5.92 Å². The van der Waals surface area contributed by atoms with Gasteiger partial charge in [0.05, 0.1) is 5.69 Å². The van der Waals surface area contributed by atoms with Gasteiger partial charge in [-0.25, -0.2) is 0 Å². The second-order valence-electron chi connectivity index (χ2n) is 4.36. The van der Waals surface area contributed by atoms with Gasteiger partial charge in [0.25, 0.3) is 4.84 Å². The molecule has 0 spiro atoms. The number of hydrogen-bond acceptors (Lipinski definition) is 2. The summed E-state index contributed by atoms with van der Waals surface area (Å²) in [7, 11) is 0. The molecule has 1 heterocycles. The van der Waals surface area contributed by atoms with Crippen LogP contribution in [0.5, 0.6) is 0 Å². The normalized spacial score (nSPS) is 10.9. The minimum absolute atomic E-state index is 0.418. The van der Waals surface area contributed by atoms with Gasteiger partial charge in [-0.3, -0.25) is 0 Å². The Kier molecular flexibility index (Phi) is 3.25. The zero-order chi connectivity index (χ0) is 11.5. The summed E-state index contributed by atoms with van der Waals surface area (Å²) in [6, 6.07) is 8.49. The van der Waals surface area contributed by atoms with Crippen molar-refractivity contribution in [3.05, 3.63) is 40.9 Å². The molecule has 0 aliphatic heterocycles. The molecule has 2 nitrogen and oxygen atoms in total. The van der Waals surface area contributed by atoms with Crippen LogP contribution in [0.2, 0.25) is 0 Å². The zero-order valence-electron chi connectivity index (χ0n) is 9.49. The summed E-state index contributed by atoms with van der Waals surface area (Å²) < 4.78 is 5.07. The summed E-state index contributed by atoms with van der Waals surface area (Å²) in [5.41, 5.74) is 3.40. The molecule has 1 aromatic carbocycles. The molecule has 0 aliphatic carbocycles. The van der Waals surface area contributed by atoms with Crippen LogP contribution in [0.4, 0.5) is 0 Å². The molecule has 3 heteroatoms. The second kappa shape index (κ2) is 4.66. The van der Waals surface area contributed by atoms with Crippen LogP contribution >= 0.6 is 12.2 Å². The molecule has 1 N–H and O–H groups in total. The quantitative estimate of drug-likeness (QED) is 0.805. The van der Waals surface area contributed by atoms with Crippen LogP contribution in [-0.4, -0.2) is 4.98 Å². The van der Waals surface area contributed by atoms with Crippen molar-refractivity contribution in [1.82, 2.24) is 4.98 Å². The van der Waals surface area contributed by atoms with E-state index >= 15 is 0 Å². The standard InChI is InChI=1S/C13H15NOS/c1-9(2)7-10-3-5-11(6-4-10)12-8-15-13(16)14-12/h3-6,8-9H,7H2,1-2H3,(H,14,16). The van der Waals surface area contributed by atoms with Crippen LogP contribution in [-0.2, 0) is 6.42 Å². The Morgan fingerprint density at radius 2 is 1.94 bits per heavy atom. The Labute approximate surface area is 100 Å². The molecule has 84 valence electrons. The molecule has 0 bridgehead atoms. The van der Waals surface area contributed by atoms with Crippen LogP contribution in [0.3, 0.4) is 0 Å². The van der Waals surface area contributed by atoms with Crippen molar-refractivity contribution >= 4 is 12.2 Å². The third-order valence-corrected chi connectivity index (χ3v) is 2.63. The number of nitrogens with one attached hydrogen (secondary N) is 1. The first-order valence-electron chi connectivity index (χ1n) is 5.42. The average molecular weight is 233 g/mol. The maximum atomic E-state index is 5.07. The fourth-order valence-electron chi connectivity index (χ4n) is 1.71. The van der Waals surface area contributed by atoms with Gasteiger partial charge in [0.1, 0.15) is 6.26 Å². The third-order valence-electron chi connectivity index (χ3n) is 2.43. The molecule has 0 atom stereocenters. The maximum absolute atomic E-state index is 5.07. The Balaban J connectivity index is 2.22. The van der Waals surface area contributed by atoms with Gasteiger partial charge in [-0.15, -0.1) is 0 Å². The predicted octanol–water partition coefficient (Wildman–Crippen LogP) is 4.20. The van der Waals surface area contributed by atoms with Gasteiger partial charge in [-0.2, -0.15) is 0 Å². The molecule has 0 radical (unpaired) electrons. The van der Waals surface area contributed by atoms with E-state index in [1.54, 1.807) is 6.26 Å². The molecule has 1 aromatic heterocycles. The van der Waals surface area contributed by atoms with E-state index in [4.69, 9.17) is 16.6 Å². The van der Waals surface area contributed by atoms with E-state index < -0.39 is 0 Å². The first-order valence-corrected chi connectivity index (χ1v) is 5.83. The lowest BCUT2D eigenvalue weighted by Crippen LogP contribution is -1.93. The van der Waals surface area contributed by atoms with Crippen molar-refractivity contribution in [3.63, 3.8) is 0 Å². The van der Waals surface area contributed by atoms with E-state index in [9.17, 15) is 0 Å². The first-order chi connectivity index (χ1) is 7.65. The highest BCUT2D eigenvalue weighted by Crippen LogP contribution is 2.19. The Morgan fingerprint density at radius 3 is 2.44 bits per heavy atom. The average Bonchev–Trinajstić information content (AvgIpc) is 2.65. The van der Waals surface area contributed by atoms with Crippen molar-refractivity contribution in [2.75, 3.05) is 0 Å². The summed E-state index contributed by atoms with van der Waals surface area (Å²) in [4.78, 5) is 3.42. The van der Waals surface area contributed by atoms with E-state index in [1.807, 2.05) is 0 Å². The number of rotatable bonds is 3. The highest BCUT2D eigenvalue weighted by molar-refractivity contribution is 7.71. The summed E-state index contributed by atoms with van der Waals surface area (Å²) in [6.45, 7) is 4.45. The smallest absolute Gasteiger partial charge is 0.266 e. The predicted molar refractivity (Wildman–Crippen MR) is 67.9 cm³/mol. The molecule has 0 aliphatic rings. The Bertz CT molecular complexity index is 507. The molecule has 2 rings (SSSR count). The van der Waals surface area contributed by atoms with E-state index in [0.29, 0.717) is 10.8 Å². The van der Waals surface area contributed by atoms with Gasteiger partial charge < -0.3 is 9.40 Å². The number of aromatic amines is 1. The summed E-state index contributed by atoms with van der Waals surface area (Å²) in [5, 5.41) is 0. The van der Waals surface area contributed by atoms with Gasteiger partial charge in [-0.1, -0.05) is 38.1 Å². The van der Waals surface area contributed by atoms with E-state index in [-0.39, 0.29) is 0 Å². The van der Waals surface area contributed by atoms with Crippen LogP contribution in [0.1, 0.15) is 19.4 Å². The van der Waals surface area contributed by atoms with Crippen molar-refractivity contribution in [1.29, 1.82) is 0 Å². The maximum Gasteiger partial charge on any atom is 0.266 e. The lowest BCUT2D eigenvalue weighted by atomic mass is 10.0. The number of benzene rings is 1. The minimum atomic E-state index is 0.418. The highest BCUT2D eigenvalue weighted by atomic mass is 32.1. The van der Waals surface area contributed by atoms with Crippen molar-refractivity contribution < 1.29 is 4.42 Å². The topological polar surface area (TPSA) is 28.9 Å². The summed E-state index contributed by atoms with van der Waals surface area (Å²) in [5.74, 6) is 0.686. The van der Waals surface area contributed by atoms with Crippen LogP contribution in [0.15, 0.2) is 34.9 Å². The highest BCUT2D eigenvalue weighted by Gasteiger charge is 2.01. The first kappa shape index (κ1) is 11.1. The number of aromatic nitrogens is 1.